The highest BCUT2D eigenvalue weighted by Gasteiger charge is 2.17. The van der Waals surface area contributed by atoms with Crippen molar-refractivity contribution < 1.29 is 4.74 Å². The molecular weight excluding hydrogens is 256 g/mol. The Morgan fingerprint density at radius 3 is 2.19 bits per heavy atom. The molecule has 2 aromatic rings. The topological polar surface area (TPSA) is 9.23 Å². The van der Waals surface area contributed by atoms with Gasteiger partial charge in [-0.3, -0.25) is 0 Å². The summed E-state index contributed by atoms with van der Waals surface area (Å²) in [6.07, 6.45) is 0. The van der Waals surface area contributed by atoms with Gasteiger partial charge in [0, 0.05) is 0 Å². The first-order valence-corrected chi connectivity index (χ1v) is 7.69. The average Bonchev–Trinajstić information content (AvgIpc) is 2.45. The Balaban J connectivity index is 2.23. The van der Waals surface area contributed by atoms with Gasteiger partial charge in [0.1, 0.15) is 12.4 Å². The van der Waals surface area contributed by atoms with Crippen LogP contribution >= 0.6 is 0 Å². The highest BCUT2D eigenvalue weighted by atomic mass is 16.5. The fourth-order valence-corrected chi connectivity index (χ4v) is 2.33. The van der Waals surface area contributed by atoms with Crippen molar-refractivity contribution in [1.82, 2.24) is 0 Å². The number of hydrogen-bond acceptors (Lipinski definition) is 1. The van der Waals surface area contributed by atoms with Crippen LogP contribution in [0.5, 0.6) is 5.75 Å². The fraction of sp³-hybridized carbons (Fsp3) is 0.400. The van der Waals surface area contributed by atoms with Crippen molar-refractivity contribution in [1.29, 1.82) is 0 Å². The predicted molar refractivity (Wildman–Crippen MR) is 90.0 cm³/mol. The highest BCUT2D eigenvalue weighted by molar-refractivity contribution is 5.41. The molecular formula is C20H26O. The van der Waals surface area contributed by atoms with Crippen LogP contribution in [-0.2, 0) is 12.0 Å². The van der Waals surface area contributed by atoms with Crippen LogP contribution in [0.3, 0.4) is 0 Å². The normalized spacial score (nSPS) is 11.7. The molecule has 0 heterocycles. The smallest absolute Gasteiger partial charge is 0.123 e. The van der Waals surface area contributed by atoms with Gasteiger partial charge in [-0.2, -0.15) is 0 Å². The maximum Gasteiger partial charge on any atom is 0.123 e. The highest BCUT2D eigenvalue weighted by Crippen LogP contribution is 2.32. The molecule has 0 aromatic heterocycles. The Kier molecular flexibility index (Phi) is 4.72. The number of hydrogen-bond donors (Lipinski definition) is 0. The van der Waals surface area contributed by atoms with Crippen LogP contribution < -0.4 is 4.74 Å². The van der Waals surface area contributed by atoms with Crippen LogP contribution in [0.4, 0.5) is 0 Å². The van der Waals surface area contributed by atoms with E-state index in [9.17, 15) is 0 Å². The number of rotatable bonds is 4. The lowest BCUT2D eigenvalue weighted by molar-refractivity contribution is 0.301. The van der Waals surface area contributed by atoms with Gasteiger partial charge in [-0.05, 0) is 34.1 Å². The van der Waals surface area contributed by atoms with Crippen LogP contribution in [0.2, 0.25) is 0 Å². The lowest BCUT2D eigenvalue weighted by Gasteiger charge is -2.22. The van der Waals surface area contributed by atoms with E-state index < -0.39 is 0 Å². The molecule has 0 aliphatic heterocycles. The van der Waals surface area contributed by atoms with Gasteiger partial charge in [-0.15, -0.1) is 0 Å². The first kappa shape index (κ1) is 15.6. The van der Waals surface area contributed by atoms with Gasteiger partial charge in [0.25, 0.3) is 0 Å². The Morgan fingerprint density at radius 1 is 0.952 bits per heavy atom. The molecule has 0 radical (unpaired) electrons. The first-order valence-electron chi connectivity index (χ1n) is 7.69. The van der Waals surface area contributed by atoms with E-state index in [1.165, 1.54) is 16.7 Å². The van der Waals surface area contributed by atoms with E-state index in [1.807, 2.05) is 18.2 Å². The summed E-state index contributed by atoms with van der Waals surface area (Å²) in [5.41, 5.74) is 4.02. The standard InChI is InChI=1S/C20H26O/c1-15(2)18-13-17(20(3,4)5)11-12-19(18)21-14-16-9-7-6-8-10-16/h6-13,15H,14H2,1-5H3. The molecule has 1 nitrogen and oxygen atoms in total. The van der Waals surface area contributed by atoms with Gasteiger partial charge < -0.3 is 4.74 Å². The van der Waals surface area contributed by atoms with Gasteiger partial charge in [-0.25, -0.2) is 0 Å². The summed E-state index contributed by atoms with van der Waals surface area (Å²) in [6, 6.07) is 16.9. The van der Waals surface area contributed by atoms with Crippen molar-refractivity contribution in [3.05, 3.63) is 65.2 Å². The van der Waals surface area contributed by atoms with E-state index in [0.29, 0.717) is 12.5 Å². The van der Waals surface area contributed by atoms with Gasteiger partial charge >= 0.3 is 0 Å². The Hall–Kier alpha value is -1.76. The molecule has 112 valence electrons. The van der Waals surface area contributed by atoms with Gasteiger partial charge in [0.05, 0.1) is 0 Å². The molecule has 0 saturated heterocycles. The molecule has 0 aliphatic carbocycles. The lowest BCUT2D eigenvalue weighted by atomic mass is 9.84. The van der Waals surface area contributed by atoms with Crippen molar-refractivity contribution in [2.24, 2.45) is 0 Å². The van der Waals surface area contributed by atoms with Crippen molar-refractivity contribution in [2.75, 3.05) is 0 Å². The Labute approximate surface area is 129 Å². The second-order valence-corrected chi connectivity index (χ2v) is 6.93. The molecule has 0 bridgehead atoms. The first-order chi connectivity index (χ1) is 9.88. The molecule has 0 saturated carbocycles. The molecule has 1 heteroatoms. The van der Waals surface area contributed by atoms with Crippen LogP contribution in [0.15, 0.2) is 48.5 Å². The van der Waals surface area contributed by atoms with E-state index in [0.717, 1.165) is 5.75 Å². The van der Waals surface area contributed by atoms with E-state index in [-0.39, 0.29) is 5.41 Å². The summed E-state index contributed by atoms with van der Waals surface area (Å²) >= 11 is 0. The molecule has 2 aromatic carbocycles. The number of benzene rings is 2. The third-order valence-electron chi connectivity index (χ3n) is 3.73. The zero-order chi connectivity index (χ0) is 15.5. The van der Waals surface area contributed by atoms with Gasteiger partial charge in [0.2, 0.25) is 0 Å². The molecule has 0 spiro atoms. The third kappa shape index (κ3) is 4.10. The van der Waals surface area contributed by atoms with Gasteiger partial charge in [0.15, 0.2) is 0 Å². The SMILES string of the molecule is CC(C)c1cc(C(C)(C)C)ccc1OCc1ccccc1. The molecule has 0 atom stereocenters. The van der Waals surface area contributed by atoms with E-state index in [4.69, 9.17) is 4.74 Å². The third-order valence-corrected chi connectivity index (χ3v) is 3.73. The van der Waals surface area contributed by atoms with Crippen LogP contribution in [-0.4, -0.2) is 0 Å². The van der Waals surface area contributed by atoms with Crippen molar-refractivity contribution >= 4 is 0 Å². The van der Waals surface area contributed by atoms with Crippen LogP contribution in [0.1, 0.15) is 57.2 Å². The quantitative estimate of drug-likeness (QED) is 0.700. The van der Waals surface area contributed by atoms with E-state index in [1.54, 1.807) is 0 Å². The van der Waals surface area contributed by atoms with Crippen LogP contribution in [0, 0.1) is 0 Å². The van der Waals surface area contributed by atoms with Crippen molar-refractivity contribution in [3.63, 3.8) is 0 Å². The minimum absolute atomic E-state index is 0.168. The maximum absolute atomic E-state index is 6.05. The molecule has 0 unspecified atom stereocenters. The molecule has 0 fully saturated rings. The summed E-state index contributed by atoms with van der Waals surface area (Å²) in [7, 11) is 0. The second kappa shape index (κ2) is 6.34. The average molecular weight is 282 g/mol. The fourth-order valence-electron chi connectivity index (χ4n) is 2.33. The molecule has 21 heavy (non-hydrogen) atoms. The minimum Gasteiger partial charge on any atom is -0.489 e. The summed E-state index contributed by atoms with van der Waals surface area (Å²) < 4.78 is 6.05. The van der Waals surface area contributed by atoms with Gasteiger partial charge in [-0.1, -0.05) is 77.1 Å². The molecule has 0 amide bonds. The lowest BCUT2D eigenvalue weighted by Crippen LogP contribution is -2.12. The Morgan fingerprint density at radius 2 is 1.62 bits per heavy atom. The van der Waals surface area contributed by atoms with Crippen molar-refractivity contribution in [3.8, 4) is 5.75 Å². The summed E-state index contributed by atoms with van der Waals surface area (Å²) in [5.74, 6) is 1.46. The van der Waals surface area contributed by atoms with Crippen molar-refractivity contribution in [2.45, 2.75) is 52.6 Å². The summed E-state index contributed by atoms with van der Waals surface area (Å²) in [6.45, 7) is 11.8. The second-order valence-electron chi connectivity index (χ2n) is 6.93. The zero-order valence-corrected chi connectivity index (χ0v) is 13.8. The monoisotopic (exact) mass is 282 g/mol. The Bertz CT molecular complexity index is 577. The minimum atomic E-state index is 0.168. The van der Waals surface area contributed by atoms with E-state index >= 15 is 0 Å². The number of ether oxygens (including phenoxy) is 1. The zero-order valence-electron chi connectivity index (χ0n) is 13.8. The molecule has 0 N–H and O–H groups in total. The summed E-state index contributed by atoms with van der Waals surface area (Å²) in [4.78, 5) is 0. The largest absolute Gasteiger partial charge is 0.489 e. The molecule has 0 aliphatic rings. The molecule has 2 rings (SSSR count). The maximum atomic E-state index is 6.05. The van der Waals surface area contributed by atoms with E-state index in [2.05, 4.69) is 65.0 Å². The van der Waals surface area contributed by atoms with Crippen LogP contribution in [0.25, 0.3) is 0 Å². The predicted octanol–water partition coefficient (Wildman–Crippen LogP) is 5.69. The summed E-state index contributed by atoms with van der Waals surface area (Å²) in [5, 5.41) is 0.